The van der Waals surface area contributed by atoms with Crippen molar-refractivity contribution in [3.63, 3.8) is 0 Å². The smallest absolute Gasteiger partial charge is 0.403 e. The summed E-state index contributed by atoms with van der Waals surface area (Å²) in [6, 6.07) is 12.0. The van der Waals surface area contributed by atoms with Gasteiger partial charge >= 0.3 is 5.88 Å². The molecule has 0 bridgehead atoms. The van der Waals surface area contributed by atoms with Crippen LogP contribution < -0.4 is 14.8 Å². The molecule has 0 radical (unpaired) electrons. The second-order valence-electron chi connectivity index (χ2n) is 3.81. The molecule has 1 aromatic carbocycles. The van der Waals surface area contributed by atoms with Crippen LogP contribution >= 0.6 is 0 Å². The molecule has 98 valence electrons. The fraction of sp³-hybridized carbons (Fsp3) is 0.143. The van der Waals surface area contributed by atoms with Gasteiger partial charge in [-0.2, -0.15) is 0 Å². The first-order chi connectivity index (χ1) is 9.22. The molecule has 1 aromatic heterocycles. The fourth-order valence-corrected chi connectivity index (χ4v) is 1.63. The summed E-state index contributed by atoms with van der Waals surface area (Å²) in [4.78, 5) is 12.0. The second-order valence-corrected chi connectivity index (χ2v) is 3.81. The van der Waals surface area contributed by atoms with E-state index in [1.165, 1.54) is 6.20 Å². The molecule has 2 aromatic rings. The molecule has 19 heavy (non-hydrogen) atoms. The van der Waals surface area contributed by atoms with Crippen LogP contribution in [0.15, 0.2) is 48.7 Å². The maximum Gasteiger partial charge on any atom is 0.403 e. The summed E-state index contributed by atoms with van der Waals surface area (Å²) in [7, 11) is 0. The predicted molar refractivity (Wildman–Crippen MR) is 71.0 cm³/mol. The van der Waals surface area contributed by atoms with Gasteiger partial charge in [-0.05, 0) is 25.1 Å². The van der Waals surface area contributed by atoms with Gasteiger partial charge in [0.25, 0.3) is 5.91 Å². The van der Waals surface area contributed by atoms with Gasteiger partial charge in [0.05, 0.1) is 6.61 Å². The van der Waals surface area contributed by atoms with Crippen molar-refractivity contribution in [3.8, 4) is 5.88 Å². The molecule has 1 N–H and O–H groups in total. The minimum atomic E-state index is -0.284. The highest BCUT2D eigenvalue weighted by Gasteiger charge is 2.16. The number of pyridine rings is 1. The lowest BCUT2D eigenvalue weighted by molar-refractivity contribution is -0.612. The summed E-state index contributed by atoms with van der Waals surface area (Å²) in [5.74, 6) is -0.193. The predicted octanol–water partition coefficient (Wildman–Crippen LogP) is 1.97. The van der Waals surface area contributed by atoms with E-state index >= 15 is 0 Å². The first-order valence-corrected chi connectivity index (χ1v) is 5.93. The topological polar surface area (TPSA) is 65.3 Å². The number of nitrogens with zero attached hydrogens (tertiary/aromatic N) is 1. The number of anilines is 1. The third-order valence-corrected chi connectivity index (χ3v) is 2.48. The normalized spacial score (nSPS) is 9.95. The molecule has 0 spiro atoms. The summed E-state index contributed by atoms with van der Waals surface area (Å²) < 4.78 is 5.83. The zero-order valence-corrected chi connectivity index (χ0v) is 10.5. The highest BCUT2D eigenvalue weighted by molar-refractivity contribution is 6.04. The van der Waals surface area contributed by atoms with Crippen LogP contribution in [0, 0.1) is 5.21 Å². The van der Waals surface area contributed by atoms with E-state index in [2.05, 4.69) is 5.32 Å². The third kappa shape index (κ3) is 3.01. The molecule has 0 atom stereocenters. The summed E-state index contributed by atoms with van der Waals surface area (Å²) in [6.07, 6.45) is 1.32. The van der Waals surface area contributed by atoms with E-state index < -0.39 is 0 Å². The van der Waals surface area contributed by atoms with Gasteiger partial charge in [-0.15, -0.1) is 4.73 Å². The number of hydrogen-bond acceptors (Lipinski definition) is 3. The number of ether oxygens (including phenoxy) is 1. The van der Waals surface area contributed by atoms with Crippen molar-refractivity contribution in [2.24, 2.45) is 0 Å². The minimum absolute atomic E-state index is 0.0919. The Labute approximate surface area is 111 Å². The van der Waals surface area contributed by atoms with Crippen molar-refractivity contribution in [1.29, 1.82) is 0 Å². The zero-order chi connectivity index (χ0) is 13.7. The monoisotopic (exact) mass is 258 g/mol. The second kappa shape index (κ2) is 5.86. The van der Waals surface area contributed by atoms with Crippen molar-refractivity contribution >= 4 is 11.6 Å². The van der Waals surface area contributed by atoms with Crippen LogP contribution in [0.3, 0.4) is 0 Å². The minimum Gasteiger partial charge on any atom is -0.616 e. The van der Waals surface area contributed by atoms with Gasteiger partial charge in [0.15, 0.2) is 11.9 Å². The number of hydrogen-bond donors (Lipinski definition) is 1. The van der Waals surface area contributed by atoms with Gasteiger partial charge in [0.2, 0.25) is 0 Å². The molecule has 5 nitrogen and oxygen atoms in total. The molecule has 1 amide bonds. The first kappa shape index (κ1) is 12.9. The molecule has 1 heterocycles. The zero-order valence-electron chi connectivity index (χ0n) is 10.5. The Morgan fingerprint density at radius 1 is 1.26 bits per heavy atom. The highest BCUT2D eigenvalue weighted by Crippen LogP contribution is 2.19. The maximum atomic E-state index is 12.0. The molecular weight excluding hydrogens is 244 g/mol. The lowest BCUT2D eigenvalue weighted by atomic mass is 10.2. The van der Waals surface area contributed by atoms with Gasteiger partial charge in [0.1, 0.15) is 0 Å². The van der Waals surface area contributed by atoms with Crippen LogP contribution in [0.4, 0.5) is 5.69 Å². The summed E-state index contributed by atoms with van der Waals surface area (Å²) in [6.45, 7) is 2.12. The summed E-state index contributed by atoms with van der Waals surface area (Å²) in [5, 5.41) is 14.3. The van der Waals surface area contributed by atoms with Crippen molar-refractivity contribution in [3.05, 3.63) is 59.4 Å². The quantitative estimate of drug-likeness (QED) is 0.673. The average Bonchev–Trinajstić information content (AvgIpc) is 2.43. The van der Waals surface area contributed by atoms with E-state index in [9.17, 15) is 10.0 Å². The molecule has 5 heteroatoms. The van der Waals surface area contributed by atoms with Gasteiger partial charge < -0.3 is 15.3 Å². The van der Waals surface area contributed by atoms with Crippen LogP contribution in [0.5, 0.6) is 5.88 Å². The fourth-order valence-electron chi connectivity index (χ4n) is 1.63. The Balaban J connectivity index is 2.24. The maximum absolute atomic E-state index is 12.0. The van der Waals surface area contributed by atoms with Gasteiger partial charge in [-0.3, -0.25) is 4.79 Å². The van der Waals surface area contributed by atoms with Crippen molar-refractivity contribution in [1.82, 2.24) is 0 Å². The molecule has 2 rings (SSSR count). The molecule has 0 unspecified atom stereocenters. The summed E-state index contributed by atoms with van der Waals surface area (Å²) in [5.41, 5.74) is 0.874. The Bertz CT molecular complexity index is 570. The molecule has 0 aliphatic carbocycles. The van der Waals surface area contributed by atoms with E-state index in [1.807, 2.05) is 6.07 Å². The van der Waals surface area contributed by atoms with Crippen LogP contribution in [0.2, 0.25) is 0 Å². The van der Waals surface area contributed by atoms with Crippen molar-refractivity contribution < 1.29 is 14.3 Å². The summed E-state index contributed by atoms with van der Waals surface area (Å²) >= 11 is 0. The Morgan fingerprint density at radius 2 is 2.00 bits per heavy atom. The third-order valence-electron chi connectivity index (χ3n) is 2.48. The first-order valence-electron chi connectivity index (χ1n) is 5.93. The Hall–Kier alpha value is -2.56. The lowest BCUT2D eigenvalue weighted by Crippen LogP contribution is -2.30. The standard InChI is InChI=1S/C14H14N2O3/c1-2-19-14-12(9-6-10-16(14)18)15-13(17)11-7-4-3-5-8-11/h3-10H,2H2,1H3,(H,15,17). The number of nitrogens with one attached hydrogen (secondary N) is 1. The number of amides is 1. The molecule has 0 fully saturated rings. The Kier molecular flexibility index (Phi) is 3.97. The highest BCUT2D eigenvalue weighted by atomic mass is 16.5. The van der Waals surface area contributed by atoms with Crippen LogP contribution in [-0.2, 0) is 0 Å². The number of carbonyl (C=O) groups is 1. The number of aromatic nitrogens is 1. The van der Waals surface area contributed by atoms with Crippen molar-refractivity contribution in [2.75, 3.05) is 11.9 Å². The number of carbonyl (C=O) groups excluding carboxylic acids is 1. The molecule has 0 aliphatic rings. The van der Waals surface area contributed by atoms with Gasteiger partial charge in [-0.1, -0.05) is 18.2 Å². The van der Waals surface area contributed by atoms with Crippen LogP contribution in [0.1, 0.15) is 17.3 Å². The van der Waals surface area contributed by atoms with E-state index in [4.69, 9.17) is 4.74 Å². The Morgan fingerprint density at radius 3 is 2.68 bits per heavy atom. The SMILES string of the molecule is CCOc1c(NC(=O)c2ccccc2)ccc[n+]1[O-]. The van der Waals surface area contributed by atoms with E-state index in [0.717, 1.165) is 0 Å². The number of rotatable bonds is 4. The molecule has 0 saturated heterocycles. The molecule has 0 aliphatic heterocycles. The molecule has 0 saturated carbocycles. The van der Waals surface area contributed by atoms with E-state index in [0.29, 0.717) is 22.6 Å². The van der Waals surface area contributed by atoms with Gasteiger partial charge in [0, 0.05) is 11.6 Å². The lowest BCUT2D eigenvalue weighted by Gasteiger charge is -2.10. The average molecular weight is 258 g/mol. The van der Waals surface area contributed by atoms with E-state index in [1.54, 1.807) is 43.3 Å². The largest absolute Gasteiger partial charge is 0.616 e. The molecular formula is C14H14N2O3. The van der Waals surface area contributed by atoms with Crippen molar-refractivity contribution in [2.45, 2.75) is 6.92 Å². The van der Waals surface area contributed by atoms with E-state index in [-0.39, 0.29) is 11.8 Å². The van der Waals surface area contributed by atoms with Crippen LogP contribution in [0.25, 0.3) is 0 Å². The van der Waals surface area contributed by atoms with Gasteiger partial charge in [-0.25, -0.2) is 0 Å². The van der Waals surface area contributed by atoms with Crippen LogP contribution in [-0.4, -0.2) is 12.5 Å². The number of benzene rings is 1.